The first-order valence-electron chi connectivity index (χ1n) is 12.1. The third-order valence-corrected chi connectivity index (χ3v) is 7.07. The Morgan fingerprint density at radius 1 is 1.17 bits per heavy atom. The lowest BCUT2D eigenvalue weighted by molar-refractivity contribution is -0.265. The number of carbonyl (C=O) groups is 2. The number of aromatic nitrogens is 3. The summed E-state index contributed by atoms with van der Waals surface area (Å²) < 4.78 is 78.6. The second-order valence-electron chi connectivity index (χ2n) is 9.96. The van der Waals surface area contributed by atoms with Gasteiger partial charge in [-0.15, -0.1) is 0 Å². The highest BCUT2D eigenvalue weighted by atomic mass is 19.4. The van der Waals surface area contributed by atoms with Crippen molar-refractivity contribution in [1.29, 1.82) is 0 Å². The van der Waals surface area contributed by atoms with E-state index >= 15 is 0 Å². The molecule has 0 saturated carbocycles. The second kappa shape index (κ2) is 9.51. The van der Waals surface area contributed by atoms with Crippen molar-refractivity contribution < 1.29 is 41.4 Å². The van der Waals surface area contributed by atoms with Crippen LogP contribution in [0.4, 0.5) is 22.0 Å². The Labute approximate surface area is 228 Å². The minimum atomic E-state index is -5.40. The van der Waals surface area contributed by atoms with Gasteiger partial charge in [0.1, 0.15) is 34.8 Å². The third kappa shape index (κ3) is 4.63. The standard InChI is InChI=1S/C27H22F5N5O4/c1-25(24(33)39)12-41-22-17(25)9-19(35-21(22)13-3-5-16(28)6-4-13)26(40,27(30,31)32)11-34-23(38)14-7-15-10-37(2)36-20(15)18(29)8-14/h3-10,40H,11-12H2,1-2H3,(H2,33,39)(H,34,38)/t25-,26?/m0/s1. The van der Waals surface area contributed by atoms with Crippen LogP contribution < -0.4 is 15.8 Å². The summed E-state index contributed by atoms with van der Waals surface area (Å²) in [5.74, 6) is -3.57. The maximum atomic E-state index is 14.5. The number of nitrogens with zero attached hydrogens (tertiary/aromatic N) is 3. The number of ether oxygens (including phenoxy) is 1. The van der Waals surface area contributed by atoms with Gasteiger partial charge in [0.15, 0.2) is 5.82 Å². The monoisotopic (exact) mass is 575 g/mol. The van der Waals surface area contributed by atoms with E-state index in [1.807, 2.05) is 5.32 Å². The largest absolute Gasteiger partial charge is 0.489 e. The molecule has 4 N–H and O–H groups in total. The van der Waals surface area contributed by atoms with Crippen LogP contribution in [0.3, 0.4) is 0 Å². The molecule has 5 rings (SSSR count). The number of aryl methyl sites for hydroxylation is 1. The zero-order valence-corrected chi connectivity index (χ0v) is 21.5. The van der Waals surface area contributed by atoms with Crippen molar-refractivity contribution in [2.75, 3.05) is 13.2 Å². The van der Waals surface area contributed by atoms with Gasteiger partial charge in [-0.2, -0.15) is 18.3 Å². The lowest BCUT2D eigenvalue weighted by atomic mass is 9.81. The van der Waals surface area contributed by atoms with E-state index in [4.69, 9.17) is 10.5 Å². The van der Waals surface area contributed by atoms with Gasteiger partial charge in [0, 0.05) is 35.3 Å². The molecule has 1 aliphatic heterocycles. The van der Waals surface area contributed by atoms with Gasteiger partial charge in [0.05, 0.1) is 12.2 Å². The number of rotatable bonds is 6. The molecule has 41 heavy (non-hydrogen) atoms. The van der Waals surface area contributed by atoms with Crippen LogP contribution >= 0.6 is 0 Å². The number of nitrogens with one attached hydrogen (secondary N) is 1. The number of benzene rings is 2. The summed E-state index contributed by atoms with van der Waals surface area (Å²) in [7, 11) is 1.53. The fourth-order valence-corrected chi connectivity index (χ4v) is 4.59. The van der Waals surface area contributed by atoms with E-state index in [-0.39, 0.29) is 45.6 Å². The van der Waals surface area contributed by atoms with Gasteiger partial charge in [-0.25, -0.2) is 13.8 Å². The van der Waals surface area contributed by atoms with Crippen LogP contribution in [0, 0.1) is 11.6 Å². The van der Waals surface area contributed by atoms with Crippen molar-refractivity contribution in [3.8, 4) is 17.0 Å². The smallest absolute Gasteiger partial charge is 0.424 e. The van der Waals surface area contributed by atoms with Crippen LogP contribution in [0.15, 0.2) is 48.7 Å². The first-order chi connectivity index (χ1) is 19.1. The maximum Gasteiger partial charge on any atom is 0.424 e. The quantitative estimate of drug-likeness (QED) is 0.303. The number of nitrogens with two attached hydrogens (primary N) is 1. The van der Waals surface area contributed by atoms with E-state index in [0.717, 1.165) is 24.3 Å². The molecule has 14 heteroatoms. The zero-order valence-electron chi connectivity index (χ0n) is 21.5. The molecule has 9 nitrogen and oxygen atoms in total. The van der Waals surface area contributed by atoms with Crippen LogP contribution in [0.2, 0.25) is 0 Å². The average Bonchev–Trinajstić information content (AvgIpc) is 3.46. The van der Waals surface area contributed by atoms with E-state index in [2.05, 4.69) is 10.1 Å². The Kier molecular flexibility index (Phi) is 6.48. The number of hydrogen-bond donors (Lipinski definition) is 3. The summed E-state index contributed by atoms with van der Waals surface area (Å²) in [4.78, 5) is 29.2. The molecule has 0 radical (unpaired) electrons. The molecule has 0 saturated heterocycles. The van der Waals surface area contributed by atoms with Crippen molar-refractivity contribution >= 4 is 22.7 Å². The number of pyridine rings is 1. The number of fused-ring (bicyclic) bond motifs is 2. The molecule has 1 aliphatic rings. The molecule has 2 amide bonds. The van der Waals surface area contributed by atoms with Gasteiger partial charge in [0.25, 0.3) is 5.91 Å². The number of aliphatic hydroxyl groups is 1. The molecule has 0 fully saturated rings. The highest BCUT2D eigenvalue weighted by Crippen LogP contribution is 2.47. The van der Waals surface area contributed by atoms with Crippen LogP contribution in [0.25, 0.3) is 22.2 Å². The van der Waals surface area contributed by atoms with Crippen molar-refractivity contribution in [2.45, 2.75) is 24.1 Å². The summed E-state index contributed by atoms with van der Waals surface area (Å²) in [6, 6.07) is 7.47. The molecule has 0 spiro atoms. The number of amides is 2. The predicted octanol–water partition coefficient (Wildman–Crippen LogP) is 3.23. The van der Waals surface area contributed by atoms with E-state index < -0.39 is 52.9 Å². The topological polar surface area (TPSA) is 132 Å². The Hall–Kier alpha value is -4.59. The van der Waals surface area contributed by atoms with Crippen LogP contribution in [0.5, 0.6) is 5.75 Å². The van der Waals surface area contributed by atoms with Crippen molar-refractivity contribution in [1.82, 2.24) is 20.1 Å². The van der Waals surface area contributed by atoms with Gasteiger partial charge >= 0.3 is 6.18 Å². The molecule has 3 heterocycles. The lowest BCUT2D eigenvalue weighted by Gasteiger charge is -2.31. The Morgan fingerprint density at radius 3 is 2.49 bits per heavy atom. The fraction of sp³-hybridized carbons (Fsp3) is 0.259. The Morgan fingerprint density at radius 2 is 1.85 bits per heavy atom. The number of hydrogen-bond acceptors (Lipinski definition) is 6. The van der Waals surface area contributed by atoms with Crippen LogP contribution in [-0.4, -0.2) is 51.0 Å². The Balaban J connectivity index is 1.59. The molecule has 2 atom stereocenters. The predicted molar refractivity (Wildman–Crippen MR) is 135 cm³/mol. The lowest BCUT2D eigenvalue weighted by Crippen LogP contribution is -2.51. The van der Waals surface area contributed by atoms with E-state index in [9.17, 15) is 36.6 Å². The number of alkyl halides is 3. The highest BCUT2D eigenvalue weighted by molar-refractivity contribution is 5.98. The number of carbonyl (C=O) groups excluding carboxylic acids is 2. The Bertz CT molecular complexity index is 1710. The summed E-state index contributed by atoms with van der Waals surface area (Å²) in [5.41, 5.74) is -1.30. The average molecular weight is 575 g/mol. The highest BCUT2D eigenvalue weighted by Gasteiger charge is 2.57. The minimum Gasteiger partial charge on any atom is -0.489 e. The molecule has 2 aromatic heterocycles. The van der Waals surface area contributed by atoms with E-state index in [0.29, 0.717) is 0 Å². The number of halogens is 5. The molecule has 4 aromatic rings. The summed E-state index contributed by atoms with van der Waals surface area (Å²) in [6.45, 7) is -0.387. The first kappa shape index (κ1) is 28.0. The molecular weight excluding hydrogens is 553 g/mol. The molecule has 1 unspecified atom stereocenters. The minimum absolute atomic E-state index is 0.0359. The number of primary amides is 1. The summed E-state index contributed by atoms with van der Waals surface area (Å²) >= 11 is 0. The summed E-state index contributed by atoms with van der Waals surface area (Å²) in [5, 5.41) is 17.2. The van der Waals surface area contributed by atoms with E-state index in [1.54, 1.807) is 0 Å². The van der Waals surface area contributed by atoms with Gasteiger partial charge in [-0.3, -0.25) is 14.3 Å². The van der Waals surface area contributed by atoms with E-state index in [1.165, 1.54) is 43.0 Å². The molecule has 2 aromatic carbocycles. The third-order valence-electron chi connectivity index (χ3n) is 7.07. The molecular formula is C27H22F5N5O4. The second-order valence-corrected chi connectivity index (χ2v) is 9.96. The van der Waals surface area contributed by atoms with Gasteiger partial charge in [0.2, 0.25) is 11.5 Å². The normalized spacial score (nSPS) is 18.0. The van der Waals surface area contributed by atoms with Gasteiger partial charge in [-0.05, 0) is 49.4 Å². The van der Waals surface area contributed by atoms with Crippen molar-refractivity contribution in [2.24, 2.45) is 12.8 Å². The molecule has 0 bridgehead atoms. The summed E-state index contributed by atoms with van der Waals surface area (Å²) in [6.07, 6.45) is -3.98. The molecule has 0 aliphatic carbocycles. The SMILES string of the molecule is Cn1cc2cc(C(=O)NCC(O)(c3cc4c(c(-c5ccc(F)cc5)n3)OC[C@]4(C)C(N)=O)C(F)(F)F)cc(F)c2n1. The van der Waals surface area contributed by atoms with Crippen molar-refractivity contribution in [3.63, 3.8) is 0 Å². The first-order valence-corrected chi connectivity index (χ1v) is 12.1. The van der Waals surface area contributed by atoms with Gasteiger partial charge in [-0.1, -0.05) is 0 Å². The zero-order chi connectivity index (χ0) is 29.9. The van der Waals surface area contributed by atoms with Crippen LogP contribution in [0.1, 0.15) is 28.5 Å². The van der Waals surface area contributed by atoms with Crippen LogP contribution in [-0.2, 0) is 22.9 Å². The molecule has 214 valence electrons. The maximum absolute atomic E-state index is 14.5. The van der Waals surface area contributed by atoms with Crippen molar-refractivity contribution in [3.05, 3.63) is 77.1 Å². The fourth-order valence-electron chi connectivity index (χ4n) is 4.59. The van der Waals surface area contributed by atoms with Gasteiger partial charge < -0.3 is 20.9 Å².